The molecule has 5 heterocycles. The van der Waals surface area contributed by atoms with E-state index in [4.69, 9.17) is 9.15 Å². The second kappa shape index (κ2) is 13.5. The van der Waals surface area contributed by atoms with Gasteiger partial charge in [0.15, 0.2) is 0 Å². The lowest BCUT2D eigenvalue weighted by Gasteiger charge is -2.36. The van der Waals surface area contributed by atoms with Crippen molar-refractivity contribution in [3.05, 3.63) is 96.3 Å². The Kier molecular flexibility index (Phi) is 8.42. The number of imide groups is 2. The molecule has 0 saturated carbocycles. The average Bonchev–Trinajstić information content (AvgIpc) is 3.74. The summed E-state index contributed by atoms with van der Waals surface area (Å²) in [6, 6.07) is 22.6. The van der Waals surface area contributed by atoms with Gasteiger partial charge in [0.1, 0.15) is 17.3 Å². The fraction of sp³-hybridized carbons (Fsp3) is 0.216. The minimum atomic E-state index is -1.07. The van der Waals surface area contributed by atoms with E-state index in [-0.39, 0.29) is 36.4 Å². The fourth-order valence-corrected chi connectivity index (χ4v) is 6.61. The summed E-state index contributed by atoms with van der Waals surface area (Å²) in [4.78, 5) is 77.7. The zero-order chi connectivity index (χ0) is 35.8. The molecule has 15 heteroatoms. The number of aromatic nitrogens is 2. The van der Waals surface area contributed by atoms with Gasteiger partial charge in [0.05, 0.1) is 23.9 Å². The average molecular weight is 701 g/mol. The van der Waals surface area contributed by atoms with Gasteiger partial charge in [0, 0.05) is 55.7 Å². The molecule has 1 atom stereocenters. The van der Waals surface area contributed by atoms with Crippen LogP contribution in [0.3, 0.4) is 0 Å². The van der Waals surface area contributed by atoms with Crippen LogP contribution in [0.15, 0.2) is 89.5 Å². The van der Waals surface area contributed by atoms with Gasteiger partial charge in [0.25, 0.3) is 17.7 Å². The SMILES string of the molecule is O=C1CCC(N2C(=O)c3cccc(NCC(=O)N4CCN(c5ccc(Nc6nc(Oc7ccccc7)c7occc7n6)cc5)CC4)c3C2=O)C(=O)N1. The van der Waals surface area contributed by atoms with Crippen LogP contribution in [0.1, 0.15) is 33.6 Å². The molecule has 3 aromatic carbocycles. The summed E-state index contributed by atoms with van der Waals surface area (Å²) in [5.41, 5.74) is 3.43. The predicted molar refractivity (Wildman–Crippen MR) is 188 cm³/mol. The van der Waals surface area contributed by atoms with Crippen LogP contribution in [0.5, 0.6) is 11.6 Å². The van der Waals surface area contributed by atoms with E-state index in [1.54, 1.807) is 29.4 Å². The van der Waals surface area contributed by atoms with Crippen LogP contribution in [0.25, 0.3) is 11.1 Å². The van der Waals surface area contributed by atoms with Gasteiger partial charge in [-0.2, -0.15) is 4.98 Å². The van der Waals surface area contributed by atoms with Crippen LogP contribution in [-0.4, -0.2) is 88.1 Å². The number of hydrogen-bond acceptors (Lipinski definition) is 12. The second-order valence-electron chi connectivity index (χ2n) is 12.5. The Bertz CT molecular complexity index is 2210. The van der Waals surface area contributed by atoms with Crippen molar-refractivity contribution in [1.29, 1.82) is 0 Å². The van der Waals surface area contributed by atoms with Gasteiger partial charge in [-0.25, -0.2) is 4.98 Å². The number of hydrogen-bond donors (Lipinski definition) is 3. The number of para-hydroxylation sites is 1. The number of carbonyl (C=O) groups is 5. The van der Waals surface area contributed by atoms with E-state index in [1.165, 1.54) is 6.07 Å². The molecule has 3 aliphatic rings. The molecule has 2 aromatic heterocycles. The van der Waals surface area contributed by atoms with Crippen molar-refractivity contribution in [2.45, 2.75) is 18.9 Å². The predicted octanol–water partition coefficient (Wildman–Crippen LogP) is 3.92. The number of piperidine rings is 1. The minimum Gasteiger partial charge on any atom is -0.457 e. The lowest BCUT2D eigenvalue weighted by Crippen LogP contribution is -2.54. The first-order valence-corrected chi connectivity index (χ1v) is 16.8. The number of amides is 5. The summed E-state index contributed by atoms with van der Waals surface area (Å²) in [5.74, 6) is -1.21. The molecule has 2 fully saturated rings. The first kappa shape index (κ1) is 32.4. The summed E-state index contributed by atoms with van der Waals surface area (Å²) in [6.07, 6.45) is 1.64. The van der Waals surface area contributed by atoms with Gasteiger partial charge in [-0.1, -0.05) is 24.3 Å². The van der Waals surface area contributed by atoms with E-state index in [2.05, 4.69) is 30.8 Å². The molecule has 5 aromatic rings. The molecule has 0 bridgehead atoms. The van der Waals surface area contributed by atoms with Crippen molar-refractivity contribution in [1.82, 2.24) is 25.1 Å². The highest BCUT2D eigenvalue weighted by Crippen LogP contribution is 2.33. The van der Waals surface area contributed by atoms with Crippen LogP contribution in [0.4, 0.5) is 23.0 Å². The molecule has 8 rings (SSSR count). The standard InChI is InChI=1S/C37H32N8O7/c46-29-14-13-28(33(48)41-29)45-35(49)25-7-4-8-26(31(25)36(45)50)38-21-30(47)44-18-16-43(17-19-44)23-11-9-22(10-12-23)39-37-40-27-15-20-51-32(27)34(42-37)52-24-5-2-1-3-6-24/h1-12,15,20,28,38H,13-14,16-19,21H2,(H,39,40,42)(H,41,46,48). The van der Waals surface area contributed by atoms with Crippen LogP contribution >= 0.6 is 0 Å². The largest absolute Gasteiger partial charge is 0.457 e. The zero-order valence-corrected chi connectivity index (χ0v) is 27.7. The number of fused-ring (bicyclic) bond motifs is 2. The molecule has 0 spiro atoms. The highest BCUT2D eigenvalue weighted by Gasteiger charge is 2.45. The van der Waals surface area contributed by atoms with Crippen LogP contribution in [0, 0.1) is 0 Å². The van der Waals surface area contributed by atoms with Crippen molar-refractivity contribution in [3.63, 3.8) is 0 Å². The van der Waals surface area contributed by atoms with E-state index in [0.717, 1.165) is 16.3 Å². The normalized spacial score (nSPS) is 17.3. The first-order valence-electron chi connectivity index (χ1n) is 16.8. The summed E-state index contributed by atoms with van der Waals surface area (Å²) in [6.45, 7) is 2.15. The smallest absolute Gasteiger partial charge is 0.268 e. The lowest BCUT2D eigenvalue weighted by atomic mass is 10.0. The fourth-order valence-electron chi connectivity index (χ4n) is 6.61. The molecule has 52 heavy (non-hydrogen) atoms. The number of piperazine rings is 1. The Labute approximate surface area is 296 Å². The van der Waals surface area contributed by atoms with Gasteiger partial charge in [0.2, 0.25) is 29.3 Å². The van der Waals surface area contributed by atoms with Crippen molar-refractivity contribution < 1.29 is 33.1 Å². The number of furan rings is 1. The monoisotopic (exact) mass is 700 g/mol. The quantitative estimate of drug-likeness (QED) is 0.189. The highest BCUT2D eigenvalue weighted by atomic mass is 16.5. The van der Waals surface area contributed by atoms with Gasteiger partial charge >= 0.3 is 0 Å². The molecule has 15 nitrogen and oxygen atoms in total. The van der Waals surface area contributed by atoms with Crippen molar-refractivity contribution in [2.24, 2.45) is 0 Å². The summed E-state index contributed by atoms with van der Waals surface area (Å²) >= 11 is 0. The Hall–Kier alpha value is -6.77. The van der Waals surface area contributed by atoms with Gasteiger partial charge in [-0.3, -0.25) is 34.2 Å². The van der Waals surface area contributed by atoms with Crippen LogP contribution in [0.2, 0.25) is 0 Å². The number of nitrogens with one attached hydrogen (secondary N) is 3. The lowest BCUT2D eigenvalue weighted by molar-refractivity contribution is -0.136. The Balaban J connectivity index is 0.861. The van der Waals surface area contributed by atoms with Gasteiger partial charge in [-0.15, -0.1) is 0 Å². The molecule has 5 amide bonds. The van der Waals surface area contributed by atoms with Crippen LogP contribution in [-0.2, 0) is 14.4 Å². The molecule has 3 aliphatic heterocycles. The topological polar surface area (TPSA) is 179 Å². The third-order valence-corrected chi connectivity index (χ3v) is 9.25. The Morgan fingerprint density at radius 1 is 0.885 bits per heavy atom. The number of carbonyl (C=O) groups excluding carboxylic acids is 5. The van der Waals surface area contributed by atoms with Crippen LogP contribution < -0.4 is 25.6 Å². The summed E-state index contributed by atoms with van der Waals surface area (Å²) in [7, 11) is 0. The molecule has 0 aliphatic carbocycles. The number of nitrogens with zero attached hydrogens (tertiary/aromatic N) is 5. The molecule has 3 N–H and O–H groups in total. The zero-order valence-electron chi connectivity index (χ0n) is 27.7. The third-order valence-electron chi connectivity index (χ3n) is 9.25. The molecule has 0 radical (unpaired) electrons. The number of benzene rings is 3. The molecule has 1 unspecified atom stereocenters. The summed E-state index contributed by atoms with van der Waals surface area (Å²) < 4.78 is 11.5. The van der Waals surface area contributed by atoms with Gasteiger partial charge < -0.3 is 29.6 Å². The van der Waals surface area contributed by atoms with Crippen molar-refractivity contribution >= 4 is 63.6 Å². The maximum atomic E-state index is 13.4. The minimum absolute atomic E-state index is 0.0334. The molecule has 262 valence electrons. The maximum absolute atomic E-state index is 13.4. The second-order valence-corrected chi connectivity index (χ2v) is 12.5. The molecular formula is C37H32N8O7. The van der Waals surface area contributed by atoms with Crippen molar-refractivity contribution in [2.75, 3.05) is 48.3 Å². The molecular weight excluding hydrogens is 668 g/mol. The maximum Gasteiger partial charge on any atom is 0.268 e. The third kappa shape index (κ3) is 6.23. The van der Waals surface area contributed by atoms with E-state index < -0.39 is 29.7 Å². The Morgan fingerprint density at radius 3 is 2.44 bits per heavy atom. The Morgan fingerprint density at radius 2 is 1.67 bits per heavy atom. The first-order chi connectivity index (χ1) is 25.3. The van der Waals surface area contributed by atoms with E-state index in [9.17, 15) is 24.0 Å². The number of ether oxygens (including phenoxy) is 1. The van der Waals surface area contributed by atoms with E-state index in [0.29, 0.717) is 60.5 Å². The highest BCUT2D eigenvalue weighted by molar-refractivity contribution is 6.25. The number of anilines is 4. The van der Waals surface area contributed by atoms with Crippen molar-refractivity contribution in [3.8, 4) is 11.6 Å². The van der Waals surface area contributed by atoms with Gasteiger partial charge in [-0.05, 0) is 55.0 Å². The molecule has 2 saturated heterocycles. The summed E-state index contributed by atoms with van der Waals surface area (Å²) in [5, 5.41) is 8.47. The number of rotatable bonds is 9. The van der Waals surface area contributed by atoms with E-state index in [1.807, 2.05) is 54.6 Å². The van der Waals surface area contributed by atoms with E-state index >= 15 is 0 Å².